The first kappa shape index (κ1) is 29.1. The van der Waals surface area contributed by atoms with Gasteiger partial charge < -0.3 is 29.0 Å². The Morgan fingerprint density at radius 3 is 2.84 bits per heavy atom. The molecule has 3 aromatic rings. The molecule has 0 saturated carbocycles. The molecular formula is C31H31ClF2N6O3. The number of carbonyl (C=O) groups is 1. The average molecular weight is 609 g/mol. The highest BCUT2D eigenvalue weighted by atomic mass is 35.5. The van der Waals surface area contributed by atoms with E-state index in [1.165, 1.54) is 11.0 Å². The van der Waals surface area contributed by atoms with E-state index in [4.69, 9.17) is 37.6 Å². The third-order valence-corrected chi connectivity index (χ3v) is 8.65. The Kier molecular flexibility index (Phi) is 8.32. The molecule has 0 aliphatic carbocycles. The summed E-state index contributed by atoms with van der Waals surface area (Å²) in [5.74, 6) is -1.63. The van der Waals surface area contributed by atoms with E-state index in [0.29, 0.717) is 57.0 Å². The van der Waals surface area contributed by atoms with Crippen LogP contribution in [0.1, 0.15) is 24.1 Å². The second-order valence-electron chi connectivity index (χ2n) is 11.0. The second kappa shape index (κ2) is 12.3. The van der Waals surface area contributed by atoms with E-state index in [1.54, 1.807) is 6.07 Å². The van der Waals surface area contributed by atoms with Gasteiger partial charge in [0.25, 0.3) is 5.91 Å². The number of fused-ring (bicyclic) bond motifs is 2. The highest BCUT2D eigenvalue weighted by molar-refractivity contribution is 6.36. The maximum Gasteiger partial charge on any atom is 0.318 e. The van der Waals surface area contributed by atoms with Gasteiger partial charge >= 0.3 is 6.01 Å². The number of amides is 1. The van der Waals surface area contributed by atoms with Gasteiger partial charge in [-0.05, 0) is 36.8 Å². The van der Waals surface area contributed by atoms with Crippen molar-refractivity contribution in [3.8, 4) is 6.01 Å². The van der Waals surface area contributed by atoms with Crippen LogP contribution in [0.25, 0.3) is 15.6 Å². The molecule has 1 amide bonds. The number of nitrogens with zero attached hydrogens (tertiary/aromatic N) is 6. The minimum Gasteiger partial charge on any atom is -0.461 e. The Bertz CT molecular complexity index is 1610. The largest absolute Gasteiger partial charge is 0.461 e. The van der Waals surface area contributed by atoms with Crippen molar-refractivity contribution in [2.45, 2.75) is 38.0 Å². The molecular weight excluding hydrogens is 578 g/mol. The van der Waals surface area contributed by atoms with E-state index in [-0.39, 0.29) is 30.2 Å². The van der Waals surface area contributed by atoms with Gasteiger partial charge in [-0.1, -0.05) is 36.4 Å². The Labute approximate surface area is 253 Å². The van der Waals surface area contributed by atoms with Gasteiger partial charge in [-0.25, -0.2) is 15.4 Å². The smallest absolute Gasteiger partial charge is 0.318 e. The molecule has 3 aliphatic heterocycles. The molecule has 2 fully saturated rings. The van der Waals surface area contributed by atoms with Gasteiger partial charge in [0.2, 0.25) is 6.54 Å². The molecule has 0 N–H and O–H groups in total. The van der Waals surface area contributed by atoms with Crippen molar-refractivity contribution in [3.05, 3.63) is 76.3 Å². The molecule has 0 spiro atoms. The van der Waals surface area contributed by atoms with Crippen LogP contribution >= 0.6 is 11.6 Å². The summed E-state index contributed by atoms with van der Waals surface area (Å²) in [7, 11) is 0. The third-order valence-electron chi connectivity index (χ3n) is 8.28. The van der Waals surface area contributed by atoms with Crippen LogP contribution in [0.15, 0.2) is 42.7 Å². The van der Waals surface area contributed by atoms with Crippen molar-refractivity contribution in [3.63, 3.8) is 0 Å². The monoisotopic (exact) mass is 608 g/mol. The summed E-state index contributed by atoms with van der Waals surface area (Å²) in [6, 6.07) is 8.53. The molecule has 43 heavy (non-hydrogen) atoms. The average Bonchev–Trinajstić information content (AvgIpc) is 3.54. The van der Waals surface area contributed by atoms with Crippen LogP contribution in [0, 0.1) is 12.4 Å². The molecule has 0 bridgehead atoms. The van der Waals surface area contributed by atoms with Gasteiger partial charge in [0.05, 0.1) is 23.4 Å². The number of anilines is 2. The van der Waals surface area contributed by atoms with E-state index < -0.39 is 23.6 Å². The molecule has 2 aromatic carbocycles. The van der Waals surface area contributed by atoms with Crippen LogP contribution in [0.5, 0.6) is 6.01 Å². The summed E-state index contributed by atoms with van der Waals surface area (Å²) in [5, 5.41) is 1.57. The lowest BCUT2D eigenvalue weighted by atomic mass is 10.0. The summed E-state index contributed by atoms with van der Waals surface area (Å²) in [5.41, 5.74) is 2.51. The van der Waals surface area contributed by atoms with Crippen molar-refractivity contribution < 1.29 is 23.0 Å². The second-order valence-corrected chi connectivity index (χ2v) is 11.3. The number of benzene rings is 2. The first-order valence-corrected chi connectivity index (χ1v) is 14.7. The molecule has 9 nitrogen and oxygen atoms in total. The molecule has 0 radical (unpaired) electrons. The molecule has 1 aromatic heterocycles. The molecule has 2 atom stereocenters. The molecule has 4 heterocycles. The Hall–Kier alpha value is -4.01. The van der Waals surface area contributed by atoms with Gasteiger partial charge in [0.15, 0.2) is 5.83 Å². The maximum atomic E-state index is 14.5. The SMILES string of the molecule is [C-]#[N+]C[C@H]1CN(c2nc(OCC3CCCO3)nc3c2CCN(c2cccc4ccc(F)c(Cl)c24)C3)CCN1C(=O)C(=C)F. The fourth-order valence-electron chi connectivity index (χ4n) is 6.15. The minimum atomic E-state index is -1.04. The van der Waals surface area contributed by atoms with Crippen LogP contribution in [0.3, 0.4) is 0 Å². The summed E-state index contributed by atoms with van der Waals surface area (Å²) in [4.78, 5) is 31.1. The third kappa shape index (κ3) is 5.82. The lowest BCUT2D eigenvalue weighted by Gasteiger charge is -2.41. The van der Waals surface area contributed by atoms with Crippen molar-refractivity contribution in [1.29, 1.82) is 0 Å². The van der Waals surface area contributed by atoms with Crippen molar-refractivity contribution in [2.24, 2.45) is 0 Å². The summed E-state index contributed by atoms with van der Waals surface area (Å²) in [6.07, 6.45) is 2.44. The van der Waals surface area contributed by atoms with Gasteiger partial charge in [0.1, 0.15) is 24.3 Å². The van der Waals surface area contributed by atoms with Crippen LogP contribution in [-0.4, -0.2) is 78.9 Å². The lowest BCUT2D eigenvalue weighted by molar-refractivity contribution is -0.131. The normalized spacial score (nSPS) is 20.2. The topological polar surface area (TPSA) is 75.4 Å². The Morgan fingerprint density at radius 1 is 1.21 bits per heavy atom. The molecule has 6 rings (SSSR count). The zero-order chi connectivity index (χ0) is 30.1. The number of rotatable bonds is 7. The fraction of sp³-hybridized carbons (Fsp3) is 0.419. The number of hydrogen-bond acceptors (Lipinski definition) is 7. The molecule has 12 heteroatoms. The van der Waals surface area contributed by atoms with Gasteiger partial charge in [-0.15, -0.1) is 0 Å². The number of halogens is 3. The lowest BCUT2D eigenvalue weighted by Crippen LogP contribution is -2.57. The van der Waals surface area contributed by atoms with E-state index in [2.05, 4.69) is 16.3 Å². The molecule has 224 valence electrons. The molecule has 2 saturated heterocycles. The van der Waals surface area contributed by atoms with Crippen LogP contribution in [0.2, 0.25) is 5.02 Å². The van der Waals surface area contributed by atoms with Crippen molar-refractivity contribution >= 4 is 39.8 Å². The number of carbonyl (C=O) groups excluding carboxylic acids is 1. The van der Waals surface area contributed by atoms with Crippen molar-refractivity contribution in [1.82, 2.24) is 14.9 Å². The zero-order valence-corrected chi connectivity index (χ0v) is 24.3. The maximum absolute atomic E-state index is 14.5. The number of piperazine rings is 1. The Balaban J connectivity index is 1.34. The predicted octanol–water partition coefficient (Wildman–Crippen LogP) is 4.96. The van der Waals surface area contributed by atoms with E-state index in [1.807, 2.05) is 23.1 Å². The van der Waals surface area contributed by atoms with Crippen molar-refractivity contribution in [2.75, 3.05) is 55.7 Å². The van der Waals surface area contributed by atoms with Crippen LogP contribution in [0.4, 0.5) is 20.3 Å². The van der Waals surface area contributed by atoms with E-state index in [0.717, 1.165) is 35.2 Å². The zero-order valence-electron chi connectivity index (χ0n) is 23.6. The minimum absolute atomic E-state index is 0.0251. The standard InChI is InChI=1S/C31H31ClF2N6O3/c1-19(33)30(41)40-13-12-39(16-21(40)15-35-2)29-23-10-11-38(26-7-3-5-20-8-9-24(34)28(32)27(20)26)17-25(23)36-31(37-29)43-18-22-6-4-14-42-22/h3,5,7-9,21-22H,1,4,6,10-18H2/t21-,22?/m0/s1. The van der Waals surface area contributed by atoms with Gasteiger partial charge in [0, 0.05) is 49.4 Å². The number of aromatic nitrogens is 2. The number of ether oxygens (including phenoxy) is 2. The predicted molar refractivity (Wildman–Crippen MR) is 160 cm³/mol. The highest BCUT2D eigenvalue weighted by Gasteiger charge is 2.36. The van der Waals surface area contributed by atoms with Crippen LogP contribution in [-0.2, 0) is 22.5 Å². The number of hydrogen-bond donors (Lipinski definition) is 0. The first-order valence-electron chi connectivity index (χ1n) is 14.3. The van der Waals surface area contributed by atoms with E-state index in [9.17, 15) is 13.6 Å². The fourth-order valence-corrected chi connectivity index (χ4v) is 6.42. The van der Waals surface area contributed by atoms with Gasteiger partial charge in [-0.2, -0.15) is 9.97 Å². The van der Waals surface area contributed by atoms with E-state index >= 15 is 0 Å². The molecule has 3 aliphatic rings. The summed E-state index contributed by atoms with van der Waals surface area (Å²) >= 11 is 6.46. The highest BCUT2D eigenvalue weighted by Crippen LogP contribution is 2.38. The van der Waals surface area contributed by atoms with Gasteiger partial charge in [-0.3, -0.25) is 4.79 Å². The van der Waals surface area contributed by atoms with Crippen LogP contribution < -0.4 is 14.5 Å². The molecule has 1 unspecified atom stereocenters. The quantitative estimate of drug-likeness (QED) is 0.277. The summed E-state index contributed by atoms with van der Waals surface area (Å²) < 4.78 is 40.0. The Morgan fingerprint density at radius 2 is 2.07 bits per heavy atom. The summed E-state index contributed by atoms with van der Waals surface area (Å²) in [6.45, 7) is 13.6. The first-order chi connectivity index (χ1) is 20.8.